The van der Waals surface area contributed by atoms with Gasteiger partial charge in [0.15, 0.2) is 0 Å². The Kier molecular flexibility index (Phi) is 4.37. The van der Waals surface area contributed by atoms with Gasteiger partial charge in [-0.25, -0.2) is 9.37 Å². The molecule has 0 aliphatic carbocycles. The largest absolute Gasteiger partial charge is 0.324 e. The molecule has 0 aliphatic rings. The second-order valence-corrected chi connectivity index (χ2v) is 5.49. The van der Waals surface area contributed by atoms with Gasteiger partial charge in [-0.2, -0.15) is 0 Å². The number of amides is 1. The van der Waals surface area contributed by atoms with E-state index >= 15 is 0 Å². The zero-order chi connectivity index (χ0) is 17.1. The van der Waals surface area contributed by atoms with Gasteiger partial charge in [0.1, 0.15) is 5.82 Å². The minimum Gasteiger partial charge on any atom is -0.324 e. The molecule has 1 heterocycles. The van der Waals surface area contributed by atoms with Crippen molar-refractivity contribution in [2.75, 3.05) is 5.32 Å². The lowest BCUT2D eigenvalue weighted by Gasteiger charge is -2.09. The van der Waals surface area contributed by atoms with Gasteiger partial charge in [-0.3, -0.25) is 14.2 Å². The number of para-hydroxylation sites is 2. The highest BCUT2D eigenvalue weighted by molar-refractivity contribution is 5.90. The maximum absolute atomic E-state index is 13.5. The van der Waals surface area contributed by atoms with Crippen molar-refractivity contribution in [2.24, 2.45) is 0 Å². The molecule has 0 saturated carbocycles. The van der Waals surface area contributed by atoms with Gasteiger partial charge in [-0.05, 0) is 30.7 Å². The summed E-state index contributed by atoms with van der Waals surface area (Å²) >= 11 is 0. The molecule has 0 atom stereocenters. The molecule has 3 aromatic rings. The number of halogens is 1. The summed E-state index contributed by atoms with van der Waals surface area (Å²) in [6.45, 7) is 2.07. The average Bonchev–Trinajstić information content (AvgIpc) is 2.57. The van der Waals surface area contributed by atoms with Gasteiger partial charge in [0.05, 0.1) is 22.9 Å². The number of aromatic nitrogens is 2. The van der Waals surface area contributed by atoms with Crippen LogP contribution in [-0.4, -0.2) is 15.5 Å². The molecule has 122 valence electrons. The number of carbonyl (C=O) groups excluding carboxylic acids is 1. The molecule has 6 heteroatoms. The first-order chi connectivity index (χ1) is 11.6. The number of aryl methyl sites for hydroxylation is 2. The monoisotopic (exact) mass is 325 g/mol. The summed E-state index contributed by atoms with van der Waals surface area (Å²) in [7, 11) is 0. The van der Waals surface area contributed by atoms with E-state index in [0.717, 1.165) is 5.56 Å². The van der Waals surface area contributed by atoms with E-state index in [1.165, 1.54) is 23.0 Å². The van der Waals surface area contributed by atoms with E-state index in [9.17, 15) is 14.0 Å². The van der Waals surface area contributed by atoms with Gasteiger partial charge in [0.2, 0.25) is 5.91 Å². The first-order valence-electron chi connectivity index (χ1n) is 7.55. The number of fused-ring (bicyclic) bond motifs is 1. The summed E-state index contributed by atoms with van der Waals surface area (Å²) in [5.41, 5.74) is 1.52. The highest BCUT2D eigenvalue weighted by Gasteiger charge is 2.09. The van der Waals surface area contributed by atoms with E-state index in [-0.39, 0.29) is 30.1 Å². The maximum Gasteiger partial charge on any atom is 0.261 e. The summed E-state index contributed by atoms with van der Waals surface area (Å²) in [6.07, 6.45) is 1.49. The number of hydrogen-bond acceptors (Lipinski definition) is 3. The molecule has 0 radical (unpaired) electrons. The number of hydrogen-bond donors (Lipinski definition) is 1. The third-order valence-electron chi connectivity index (χ3n) is 3.78. The Morgan fingerprint density at radius 3 is 2.79 bits per heavy atom. The van der Waals surface area contributed by atoms with Gasteiger partial charge in [0.25, 0.3) is 5.56 Å². The zero-order valence-electron chi connectivity index (χ0n) is 13.1. The molecule has 24 heavy (non-hydrogen) atoms. The van der Waals surface area contributed by atoms with Crippen LogP contribution < -0.4 is 10.9 Å². The van der Waals surface area contributed by atoms with Crippen molar-refractivity contribution < 1.29 is 9.18 Å². The first-order valence-corrected chi connectivity index (χ1v) is 7.55. The zero-order valence-corrected chi connectivity index (χ0v) is 13.1. The van der Waals surface area contributed by atoms with Crippen LogP contribution >= 0.6 is 0 Å². The number of nitrogens with one attached hydrogen (secondary N) is 1. The fourth-order valence-electron chi connectivity index (χ4n) is 2.49. The van der Waals surface area contributed by atoms with Crippen LogP contribution in [0.4, 0.5) is 10.1 Å². The molecule has 1 amide bonds. The molecule has 2 aromatic carbocycles. The Morgan fingerprint density at radius 1 is 1.21 bits per heavy atom. The Balaban J connectivity index is 1.74. The van der Waals surface area contributed by atoms with E-state index in [0.29, 0.717) is 10.9 Å². The van der Waals surface area contributed by atoms with Crippen molar-refractivity contribution in [1.29, 1.82) is 0 Å². The van der Waals surface area contributed by atoms with Crippen LogP contribution in [0.3, 0.4) is 0 Å². The molecule has 0 unspecified atom stereocenters. The minimum absolute atomic E-state index is 0.0489. The normalized spacial score (nSPS) is 10.8. The maximum atomic E-state index is 13.5. The van der Waals surface area contributed by atoms with Crippen molar-refractivity contribution >= 4 is 22.5 Å². The Hall–Kier alpha value is -3.02. The molecule has 1 N–H and O–H groups in total. The molecular formula is C18H16FN3O2. The molecular weight excluding hydrogens is 309 g/mol. The van der Waals surface area contributed by atoms with Gasteiger partial charge >= 0.3 is 0 Å². The number of carbonyl (C=O) groups is 1. The molecule has 0 saturated heterocycles. The fourth-order valence-corrected chi connectivity index (χ4v) is 2.49. The third kappa shape index (κ3) is 3.17. The number of nitrogens with zero attached hydrogens (tertiary/aromatic N) is 2. The third-order valence-corrected chi connectivity index (χ3v) is 3.78. The Labute approximate surface area is 137 Å². The summed E-state index contributed by atoms with van der Waals surface area (Å²) < 4.78 is 14.9. The van der Waals surface area contributed by atoms with Gasteiger partial charge < -0.3 is 5.32 Å². The summed E-state index contributed by atoms with van der Waals surface area (Å²) in [5, 5.41) is 3.02. The second-order valence-electron chi connectivity index (χ2n) is 5.49. The average molecular weight is 325 g/mol. The van der Waals surface area contributed by atoms with Gasteiger partial charge in [-0.1, -0.05) is 24.3 Å². The standard InChI is InChI=1S/C18H16FN3O2/c1-12-5-4-6-13-17(12)20-11-22(18(13)24)10-9-16(23)21-15-8-3-2-7-14(15)19/h2-8,11H,9-10H2,1H3,(H,21,23). The SMILES string of the molecule is Cc1cccc2c(=O)n(CCC(=O)Nc3ccccc3F)cnc12. The highest BCUT2D eigenvalue weighted by Crippen LogP contribution is 2.13. The predicted octanol–water partition coefficient (Wildman–Crippen LogP) is 2.87. The van der Waals surface area contributed by atoms with Gasteiger partial charge in [0, 0.05) is 13.0 Å². The number of anilines is 1. The van der Waals surface area contributed by atoms with Crippen molar-refractivity contribution in [3.63, 3.8) is 0 Å². The van der Waals surface area contributed by atoms with Crippen molar-refractivity contribution in [3.8, 4) is 0 Å². The van der Waals surface area contributed by atoms with Crippen LogP contribution in [0.5, 0.6) is 0 Å². The molecule has 0 spiro atoms. The van der Waals surface area contributed by atoms with Crippen LogP contribution in [0.2, 0.25) is 0 Å². The Bertz CT molecular complexity index is 966. The fraction of sp³-hybridized carbons (Fsp3) is 0.167. The molecule has 0 fully saturated rings. The van der Waals surface area contributed by atoms with E-state index in [2.05, 4.69) is 10.3 Å². The lowest BCUT2D eigenvalue weighted by Crippen LogP contribution is -2.24. The lowest BCUT2D eigenvalue weighted by atomic mass is 10.1. The molecule has 5 nitrogen and oxygen atoms in total. The number of rotatable bonds is 4. The minimum atomic E-state index is -0.495. The van der Waals surface area contributed by atoms with Crippen LogP contribution in [-0.2, 0) is 11.3 Å². The van der Waals surface area contributed by atoms with E-state index in [1.54, 1.807) is 24.3 Å². The molecule has 1 aromatic heterocycles. The van der Waals surface area contributed by atoms with Crippen LogP contribution in [0.25, 0.3) is 10.9 Å². The summed E-state index contributed by atoms with van der Waals surface area (Å²) in [6, 6.07) is 11.4. The van der Waals surface area contributed by atoms with E-state index < -0.39 is 5.82 Å². The highest BCUT2D eigenvalue weighted by atomic mass is 19.1. The van der Waals surface area contributed by atoms with Crippen LogP contribution in [0.15, 0.2) is 53.6 Å². The van der Waals surface area contributed by atoms with E-state index in [4.69, 9.17) is 0 Å². The smallest absolute Gasteiger partial charge is 0.261 e. The quantitative estimate of drug-likeness (QED) is 0.802. The predicted molar refractivity (Wildman–Crippen MR) is 90.4 cm³/mol. The molecule has 0 bridgehead atoms. The van der Waals surface area contributed by atoms with Crippen molar-refractivity contribution in [3.05, 3.63) is 70.5 Å². The van der Waals surface area contributed by atoms with E-state index in [1.807, 2.05) is 13.0 Å². The van der Waals surface area contributed by atoms with Crippen LogP contribution in [0.1, 0.15) is 12.0 Å². The number of benzene rings is 2. The second kappa shape index (κ2) is 6.62. The first kappa shape index (κ1) is 15.9. The molecule has 0 aliphatic heterocycles. The summed E-state index contributed by atoms with van der Waals surface area (Å²) in [4.78, 5) is 28.7. The summed E-state index contributed by atoms with van der Waals surface area (Å²) in [5.74, 6) is -0.859. The lowest BCUT2D eigenvalue weighted by molar-refractivity contribution is -0.116. The van der Waals surface area contributed by atoms with Crippen molar-refractivity contribution in [2.45, 2.75) is 19.9 Å². The topological polar surface area (TPSA) is 64.0 Å². The molecule has 3 rings (SSSR count). The van der Waals surface area contributed by atoms with Crippen LogP contribution in [0, 0.1) is 12.7 Å². The van der Waals surface area contributed by atoms with Gasteiger partial charge in [-0.15, -0.1) is 0 Å². The van der Waals surface area contributed by atoms with Crippen molar-refractivity contribution in [1.82, 2.24) is 9.55 Å². The Morgan fingerprint density at radius 2 is 2.00 bits per heavy atom.